The van der Waals surface area contributed by atoms with Crippen LogP contribution in [0, 0.1) is 23.2 Å². The van der Waals surface area contributed by atoms with Gasteiger partial charge in [0.1, 0.15) is 6.23 Å². The van der Waals surface area contributed by atoms with Crippen LogP contribution in [0.3, 0.4) is 0 Å². The number of nitrogens with one attached hydrogen (secondary N) is 1. The molecule has 1 aromatic rings. The number of benzene rings is 1. The Kier molecular flexibility index (Phi) is 7.69. The molecule has 0 radical (unpaired) electrons. The number of fused-ring (bicyclic) bond motifs is 1. The first-order valence-corrected chi connectivity index (χ1v) is 12.9. The van der Waals surface area contributed by atoms with Gasteiger partial charge in [-0.1, -0.05) is 45.1 Å². The summed E-state index contributed by atoms with van der Waals surface area (Å²) in [4.78, 5) is 0. The van der Waals surface area contributed by atoms with Gasteiger partial charge < -0.3 is 20.3 Å². The molecule has 0 amide bonds. The SMILES string of the molecule is COc1ccc(C(C(CN)C(O)NC2CCCCCC2)C2CCCC3CC32C)cc1OC. The third-order valence-electron chi connectivity index (χ3n) is 9.00. The van der Waals surface area contributed by atoms with Crippen LogP contribution < -0.4 is 20.5 Å². The first-order valence-electron chi connectivity index (χ1n) is 12.9. The molecule has 0 spiro atoms. The maximum absolute atomic E-state index is 11.5. The topological polar surface area (TPSA) is 76.7 Å². The van der Waals surface area contributed by atoms with Gasteiger partial charge in [0.15, 0.2) is 11.5 Å². The standard InChI is InChI=1S/C27H44N2O3/c1-27-16-19(27)9-8-12-22(27)25(18-13-14-23(31-2)24(15-18)32-3)21(17-28)26(30)29-20-10-6-4-5-7-11-20/h13-15,19-22,25-26,29-30H,4-12,16-17,28H2,1-3H3. The summed E-state index contributed by atoms with van der Waals surface area (Å²) < 4.78 is 11.2. The molecule has 180 valence electrons. The van der Waals surface area contributed by atoms with E-state index < -0.39 is 6.23 Å². The largest absolute Gasteiger partial charge is 0.493 e. The molecule has 6 atom stereocenters. The van der Waals surface area contributed by atoms with Crippen molar-refractivity contribution in [1.82, 2.24) is 5.32 Å². The van der Waals surface area contributed by atoms with Gasteiger partial charge >= 0.3 is 0 Å². The van der Waals surface area contributed by atoms with Crippen LogP contribution in [0.25, 0.3) is 0 Å². The Morgan fingerprint density at radius 2 is 1.75 bits per heavy atom. The minimum absolute atomic E-state index is 0.0301. The van der Waals surface area contributed by atoms with E-state index in [0.29, 0.717) is 23.9 Å². The van der Waals surface area contributed by atoms with Crippen LogP contribution >= 0.6 is 0 Å². The van der Waals surface area contributed by atoms with Crippen molar-refractivity contribution >= 4 is 0 Å². The molecule has 3 aliphatic carbocycles. The number of hydrogen-bond acceptors (Lipinski definition) is 5. The molecule has 5 nitrogen and oxygen atoms in total. The van der Waals surface area contributed by atoms with Crippen molar-refractivity contribution in [3.8, 4) is 11.5 Å². The molecule has 0 aliphatic heterocycles. The summed E-state index contributed by atoms with van der Waals surface area (Å²) in [7, 11) is 3.37. The Labute approximate surface area is 194 Å². The Morgan fingerprint density at radius 1 is 1.03 bits per heavy atom. The fourth-order valence-corrected chi connectivity index (χ4v) is 6.98. The van der Waals surface area contributed by atoms with Crippen molar-refractivity contribution in [3.63, 3.8) is 0 Å². The lowest BCUT2D eigenvalue weighted by Crippen LogP contribution is -2.49. The van der Waals surface area contributed by atoms with Crippen LogP contribution in [-0.2, 0) is 0 Å². The minimum atomic E-state index is -0.594. The number of ether oxygens (including phenoxy) is 2. The molecule has 0 bridgehead atoms. The summed E-state index contributed by atoms with van der Waals surface area (Å²) in [5, 5.41) is 15.1. The van der Waals surface area contributed by atoms with Gasteiger partial charge in [0.2, 0.25) is 0 Å². The molecule has 5 heteroatoms. The smallest absolute Gasteiger partial charge is 0.160 e. The van der Waals surface area contributed by atoms with Gasteiger partial charge in [-0.2, -0.15) is 0 Å². The second-order valence-electron chi connectivity index (χ2n) is 10.8. The number of methoxy groups -OCH3 is 2. The third kappa shape index (κ3) is 4.80. The average molecular weight is 445 g/mol. The zero-order valence-corrected chi connectivity index (χ0v) is 20.3. The van der Waals surface area contributed by atoms with Gasteiger partial charge in [-0.15, -0.1) is 0 Å². The highest BCUT2D eigenvalue weighted by molar-refractivity contribution is 5.44. The third-order valence-corrected chi connectivity index (χ3v) is 9.00. The van der Waals surface area contributed by atoms with E-state index in [0.717, 1.165) is 30.3 Å². The first-order chi connectivity index (χ1) is 15.5. The number of hydrogen-bond donors (Lipinski definition) is 3. The van der Waals surface area contributed by atoms with Gasteiger partial charge in [0.25, 0.3) is 0 Å². The summed E-state index contributed by atoms with van der Waals surface area (Å²) in [6, 6.07) is 6.70. The van der Waals surface area contributed by atoms with Gasteiger partial charge in [0.05, 0.1) is 14.2 Å². The summed E-state index contributed by atoms with van der Waals surface area (Å²) in [6.45, 7) is 2.94. The monoisotopic (exact) mass is 444 g/mol. The van der Waals surface area contributed by atoms with Gasteiger partial charge in [-0.25, -0.2) is 0 Å². The van der Waals surface area contributed by atoms with E-state index in [2.05, 4.69) is 24.4 Å². The molecule has 0 heterocycles. The van der Waals surface area contributed by atoms with E-state index in [9.17, 15) is 5.11 Å². The quantitative estimate of drug-likeness (QED) is 0.376. The van der Waals surface area contributed by atoms with Crippen LogP contribution in [0.1, 0.15) is 82.6 Å². The summed E-state index contributed by atoms with van der Waals surface area (Å²) in [5.74, 6) is 3.02. The Morgan fingerprint density at radius 3 is 2.41 bits per heavy atom. The molecule has 6 unspecified atom stereocenters. The maximum atomic E-state index is 11.5. The predicted molar refractivity (Wildman–Crippen MR) is 129 cm³/mol. The van der Waals surface area contributed by atoms with Crippen molar-refractivity contribution < 1.29 is 14.6 Å². The summed E-state index contributed by atoms with van der Waals surface area (Å²) >= 11 is 0. The second-order valence-corrected chi connectivity index (χ2v) is 10.8. The van der Waals surface area contributed by atoms with Crippen LogP contribution in [-0.4, -0.2) is 38.1 Å². The predicted octanol–water partition coefficient (Wildman–Crippen LogP) is 4.82. The lowest BCUT2D eigenvalue weighted by atomic mass is 9.65. The van der Waals surface area contributed by atoms with Crippen LogP contribution in [0.4, 0.5) is 0 Å². The van der Waals surface area contributed by atoms with Crippen LogP contribution in [0.5, 0.6) is 11.5 Å². The summed E-state index contributed by atoms with van der Waals surface area (Å²) in [6.07, 6.45) is 12.0. The molecule has 0 saturated heterocycles. The number of aliphatic hydroxyl groups excluding tert-OH is 1. The van der Waals surface area contributed by atoms with Gasteiger partial charge in [0, 0.05) is 12.0 Å². The fourth-order valence-electron chi connectivity index (χ4n) is 6.98. The molecular weight excluding hydrogens is 400 g/mol. The number of aliphatic hydroxyl groups is 1. The lowest BCUT2D eigenvalue weighted by Gasteiger charge is -2.42. The fraction of sp³-hybridized carbons (Fsp3) is 0.778. The van der Waals surface area contributed by atoms with Crippen LogP contribution in [0.2, 0.25) is 0 Å². The van der Waals surface area contributed by atoms with Gasteiger partial charge in [-0.05, 0) is 79.5 Å². The van der Waals surface area contributed by atoms with Crippen molar-refractivity contribution in [2.75, 3.05) is 20.8 Å². The zero-order valence-electron chi connectivity index (χ0n) is 20.3. The number of rotatable bonds is 9. The number of nitrogens with two attached hydrogens (primary N) is 1. The Bertz CT molecular complexity index is 748. The van der Waals surface area contributed by atoms with E-state index in [1.54, 1.807) is 14.2 Å². The molecule has 32 heavy (non-hydrogen) atoms. The highest BCUT2D eigenvalue weighted by Crippen LogP contribution is 2.67. The zero-order chi connectivity index (χ0) is 22.7. The van der Waals surface area contributed by atoms with Crippen molar-refractivity contribution in [1.29, 1.82) is 0 Å². The maximum Gasteiger partial charge on any atom is 0.160 e. The van der Waals surface area contributed by atoms with E-state index in [-0.39, 0.29) is 11.8 Å². The minimum Gasteiger partial charge on any atom is -0.493 e. The van der Waals surface area contributed by atoms with E-state index in [1.807, 2.05) is 6.07 Å². The molecule has 4 N–H and O–H groups in total. The van der Waals surface area contributed by atoms with E-state index >= 15 is 0 Å². The highest BCUT2D eigenvalue weighted by atomic mass is 16.5. The Balaban J connectivity index is 1.64. The van der Waals surface area contributed by atoms with Crippen molar-refractivity contribution in [3.05, 3.63) is 23.8 Å². The summed E-state index contributed by atoms with van der Waals surface area (Å²) in [5.41, 5.74) is 8.01. The molecule has 3 aliphatic rings. The second kappa shape index (κ2) is 10.3. The Hall–Kier alpha value is -1.30. The molecule has 4 rings (SSSR count). The van der Waals surface area contributed by atoms with Gasteiger partial charge in [-0.3, -0.25) is 5.32 Å². The normalized spacial score (nSPS) is 31.2. The molecule has 0 aromatic heterocycles. The first kappa shape index (κ1) is 23.8. The molecular formula is C27H44N2O3. The molecule has 3 saturated carbocycles. The molecule has 3 fully saturated rings. The lowest BCUT2D eigenvalue weighted by molar-refractivity contribution is 0.0250. The van der Waals surface area contributed by atoms with Crippen LogP contribution in [0.15, 0.2) is 18.2 Å². The van der Waals surface area contributed by atoms with Crippen molar-refractivity contribution in [2.24, 2.45) is 28.9 Å². The van der Waals surface area contributed by atoms with E-state index in [1.165, 1.54) is 56.9 Å². The van der Waals surface area contributed by atoms with E-state index in [4.69, 9.17) is 15.2 Å². The highest BCUT2D eigenvalue weighted by Gasteiger charge is 2.59. The van der Waals surface area contributed by atoms with Crippen molar-refractivity contribution in [2.45, 2.75) is 89.3 Å². The average Bonchev–Trinajstić information content (AvgIpc) is 3.55. The molecule has 1 aromatic carbocycles.